The lowest BCUT2D eigenvalue weighted by molar-refractivity contribution is 0.348. The molecule has 3 rings (SSSR count). The quantitative estimate of drug-likeness (QED) is 0.918. The zero-order chi connectivity index (χ0) is 14.8. The SMILES string of the molecule is CCC1CN(c2c(C#N)cnc3ccccc23)CCC1N. The van der Waals surface area contributed by atoms with Crippen LogP contribution in [0.25, 0.3) is 10.9 Å². The molecule has 1 aliphatic heterocycles. The van der Waals surface area contributed by atoms with Crippen LogP contribution in [0.4, 0.5) is 5.69 Å². The minimum Gasteiger partial charge on any atom is -0.369 e. The molecule has 1 saturated heterocycles. The van der Waals surface area contributed by atoms with Gasteiger partial charge in [0.1, 0.15) is 6.07 Å². The van der Waals surface area contributed by atoms with Crippen LogP contribution in [0.3, 0.4) is 0 Å². The van der Waals surface area contributed by atoms with E-state index in [0.717, 1.165) is 42.5 Å². The van der Waals surface area contributed by atoms with Gasteiger partial charge >= 0.3 is 0 Å². The van der Waals surface area contributed by atoms with E-state index < -0.39 is 0 Å². The highest BCUT2D eigenvalue weighted by Crippen LogP contribution is 2.32. The number of para-hydroxylation sites is 1. The predicted octanol–water partition coefficient (Wildman–Crippen LogP) is 2.67. The molecular weight excluding hydrogens is 260 g/mol. The van der Waals surface area contributed by atoms with Crippen LogP contribution in [0.1, 0.15) is 25.3 Å². The lowest BCUT2D eigenvalue weighted by atomic mass is 9.90. The Bertz CT molecular complexity index is 689. The Morgan fingerprint density at radius 2 is 2.24 bits per heavy atom. The molecule has 2 unspecified atom stereocenters. The van der Waals surface area contributed by atoms with E-state index in [2.05, 4.69) is 22.9 Å². The molecule has 2 heterocycles. The molecule has 0 bridgehead atoms. The number of nitrogens with zero attached hydrogens (tertiary/aromatic N) is 3. The van der Waals surface area contributed by atoms with Crippen LogP contribution >= 0.6 is 0 Å². The summed E-state index contributed by atoms with van der Waals surface area (Å²) in [7, 11) is 0. The normalized spacial score (nSPS) is 22.2. The Morgan fingerprint density at radius 1 is 1.43 bits per heavy atom. The van der Waals surface area contributed by atoms with Crippen molar-refractivity contribution in [3.05, 3.63) is 36.0 Å². The van der Waals surface area contributed by atoms with Crippen LogP contribution in [0.2, 0.25) is 0 Å². The zero-order valence-corrected chi connectivity index (χ0v) is 12.3. The standard InChI is InChI=1S/C17H20N4/c1-2-12-11-21(8-7-15(12)19)17-13(9-18)10-20-16-6-4-3-5-14(16)17/h3-6,10,12,15H,2,7-8,11,19H2,1H3. The number of nitriles is 1. The highest BCUT2D eigenvalue weighted by Gasteiger charge is 2.27. The van der Waals surface area contributed by atoms with Crippen molar-refractivity contribution in [2.24, 2.45) is 11.7 Å². The largest absolute Gasteiger partial charge is 0.369 e. The minimum atomic E-state index is 0.268. The van der Waals surface area contributed by atoms with E-state index in [0.29, 0.717) is 11.5 Å². The number of fused-ring (bicyclic) bond motifs is 1. The van der Waals surface area contributed by atoms with Gasteiger partial charge in [0, 0.05) is 30.7 Å². The van der Waals surface area contributed by atoms with Crippen molar-refractivity contribution in [1.29, 1.82) is 5.26 Å². The number of hydrogen-bond donors (Lipinski definition) is 1. The molecule has 2 N–H and O–H groups in total. The number of pyridine rings is 1. The average molecular weight is 280 g/mol. The summed E-state index contributed by atoms with van der Waals surface area (Å²) in [6, 6.07) is 10.6. The van der Waals surface area contributed by atoms with Gasteiger partial charge in [-0.2, -0.15) is 5.26 Å². The number of anilines is 1. The van der Waals surface area contributed by atoms with Gasteiger partial charge in [-0.05, 0) is 18.4 Å². The van der Waals surface area contributed by atoms with Crippen LogP contribution < -0.4 is 10.6 Å². The molecule has 1 aliphatic rings. The lowest BCUT2D eigenvalue weighted by Gasteiger charge is -2.38. The van der Waals surface area contributed by atoms with Gasteiger partial charge in [-0.25, -0.2) is 0 Å². The molecule has 0 aliphatic carbocycles. The maximum Gasteiger partial charge on any atom is 0.103 e. The van der Waals surface area contributed by atoms with Crippen molar-refractivity contribution in [1.82, 2.24) is 4.98 Å². The summed E-state index contributed by atoms with van der Waals surface area (Å²) in [6.45, 7) is 4.00. The number of aromatic nitrogens is 1. The van der Waals surface area contributed by atoms with Gasteiger partial charge in [0.05, 0.1) is 16.8 Å². The maximum absolute atomic E-state index is 9.44. The van der Waals surface area contributed by atoms with Crippen LogP contribution in [-0.2, 0) is 0 Å². The predicted molar refractivity (Wildman–Crippen MR) is 85.0 cm³/mol. The third-order valence-corrected chi connectivity index (χ3v) is 4.50. The number of hydrogen-bond acceptors (Lipinski definition) is 4. The molecule has 0 amide bonds. The first-order chi connectivity index (χ1) is 10.2. The van der Waals surface area contributed by atoms with Crippen molar-refractivity contribution >= 4 is 16.6 Å². The first kappa shape index (κ1) is 13.8. The fourth-order valence-electron chi connectivity index (χ4n) is 3.23. The molecule has 4 nitrogen and oxygen atoms in total. The Labute approximate surface area is 125 Å². The second-order valence-corrected chi connectivity index (χ2v) is 5.72. The molecule has 4 heteroatoms. The van der Waals surface area contributed by atoms with E-state index >= 15 is 0 Å². The van der Waals surface area contributed by atoms with Crippen molar-refractivity contribution in [2.45, 2.75) is 25.8 Å². The molecule has 0 spiro atoms. The molecule has 1 aromatic carbocycles. The molecule has 0 radical (unpaired) electrons. The first-order valence-corrected chi connectivity index (χ1v) is 7.53. The maximum atomic E-state index is 9.44. The van der Waals surface area contributed by atoms with Crippen LogP contribution in [0, 0.1) is 17.2 Å². The van der Waals surface area contributed by atoms with E-state index in [9.17, 15) is 5.26 Å². The fourth-order valence-corrected chi connectivity index (χ4v) is 3.23. The lowest BCUT2D eigenvalue weighted by Crippen LogP contribution is -2.47. The number of nitrogens with two attached hydrogens (primary N) is 1. The van der Waals surface area contributed by atoms with Crippen molar-refractivity contribution < 1.29 is 0 Å². The summed E-state index contributed by atoms with van der Waals surface area (Å²) < 4.78 is 0. The Morgan fingerprint density at radius 3 is 3.00 bits per heavy atom. The van der Waals surface area contributed by atoms with Gasteiger partial charge in [-0.3, -0.25) is 4.98 Å². The summed E-state index contributed by atoms with van der Waals surface area (Å²) in [5.41, 5.74) is 8.82. The van der Waals surface area contributed by atoms with Gasteiger partial charge in [0.2, 0.25) is 0 Å². The number of piperidine rings is 1. The summed E-state index contributed by atoms with van der Waals surface area (Å²) in [5, 5.41) is 10.5. The Kier molecular flexibility index (Phi) is 3.76. The van der Waals surface area contributed by atoms with Crippen LogP contribution in [0.15, 0.2) is 30.5 Å². The van der Waals surface area contributed by atoms with Gasteiger partial charge in [0.25, 0.3) is 0 Å². The molecule has 1 aromatic heterocycles. The third-order valence-electron chi connectivity index (χ3n) is 4.50. The van der Waals surface area contributed by atoms with E-state index in [4.69, 9.17) is 5.73 Å². The van der Waals surface area contributed by atoms with E-state index in [1.807, 2.05) is 24.3 Å². The molecule has 2 aromatic rings. The van der Waals surface area contributed by atoms with Crippen LogP contribution in [-0.4, -0.2) is 24.1 Å². The zero-order valence-electron chi connectivity index (χ0n) is 12.3. The van der Waals surface area contributed by atoms with E-state index in [-0.39, 0.29) is 6.04 Å². The molecular formula is C17H20N4. The fraction of sp³-hybridized carbons (Fsp3) is 0.412. The molecule has 2 atom stereocenters. The summed E-state index contributed by atoms with van der Waals surface area (Å²) >= 11 is 0. The number of rotatable bonds is 2. The van der Waals surface area contributed by atoms with Gasteiger partial charge in [0.15, 0.2) is 0 Å². The molecule has 1 fully saturated rings. The van der Waals surface area contributed by atoms with Crippen LogP contribution in [0.5, 0.6) is 0 Å². The average Bonchev–Trinajstić information content (AvgIpc) is 2.54. The molecule has 108 valence electrons. The second-order valence-electron chi connectivity index (χ2n) is 5.72. The van der Waals surface area contributed by atoms with Gasteiger partial charge in [-0.1, -0.05) is 31.5 Å². The van der Waals surface area contributed by atoms with Crippen molar-refractivity contribution in [2.75, 3.05) is 18.0 Å². The summed E-state index contributed by atoms with van der Waals surface area (Å²) in [4.78, 5) is 6.71. The summed E-state index contributed by atoms with van der Waals surface area (Å²) in [5.74, 6) is 0.484. The Hall–Kier alpha value is -2.12. The van der Waals surface area contributed by atoms with Crippen molar-refractivity contribution in [3.8, 4) is 6.07 Å². The highest BCUT2D eigenvalue weighted by atomic mass is 15.2. The smallest absolute Gasteiger partial charge is 0.103 e. The topological polar surface area (TPSA) is 65.9 Å². The Balaban J connectivity index is 2.09. The van der Waals surface area contributed by atoms with Crippen molar-refractivity contribution in [3.63, 3.8) is 0 Å². The minimum absolute atomic E-state index is 0.268. The third kappa shape index (κ3) is 2.45. The highest BCUT2D eigenvalue weighted by molar-refractivity contribution is 5.94. The van der Waals surface area contributed by atoms with E-state index in [1.165, 1.54) is 0 Å². The van der Waals surface area contributed by atoms with E-state index in [1.54, 1.807) is 6.20 Å². The molecule has 0 saturated carbocycles. The first-order valence-electron chi connectivity index (χ1n) is 7.53. The van der Waals surface area contributed by atoms with Gasteiger partial charge < -0.3 is 10.6 Å². The van der Waals surface area contributed by atoms with Gasteiger partial charge in [-0.15, -0.1) is 0 Å². The molecule has 21 heavy (non-hydrogen) atoms. The summed E-state index contributed by atoms with van der Waals surface area (Å²) in [6.07, 6.45) is 3.73. The monoisotopic (exact) mass is 280 g/mol. The number of benzene rings is 1. The second kappa shape index (κ2) is 5.71.